The molecule has 1 rings (SSSR count). The highest BCUT2D eigenvalue weighted by molar-refractivity contribution is 6.31. The number of alkyl halides is 4. The smallest absolute Gasteiger partial charge is 0.417 e. The van der Waals surface area contributed by atoms with E-state index >= 15 is 0 Å². The molecule has 1 aromatic carbocycles. The molecule has 0 saturated carbocycles. The zero-order valence-corrected chi connectivity index (χ0v) is 13.2. The Kier molecular flexibility index (Phi) is 6.83. The van der Waals surface area contributed by atoms with Gasteiger partial charge >= 0.3 is 12.1 Å². The van der Waals surface area contributed by atoms with Crippen LogP contribution in [0.1, 0.15) is 12.5 Å². The van der Waals surface area contributed by atoms with E-state index in [1.807, 2.05) is 0 Å². The van der Waals surface area contributed by atoms with Crippen LogP contribution in [-0.4, -0.2) is 23.6 Å². The van der Waals surface area contributed by atoms with E-state index in [4.69, 9.17) is 23.2 Å². The Labute approximate surface area is 139 Å². The Bertz CT molecular complexity index is 646. The minimum atomic E-state index is -4.67. The number of allylic oxidation sites excluding steroid dienone is 1. The quantitative estimate of drug-likeness (QED) is 0.260. The second kappa shape index (κ2) is 8.16. The maximum absolute atomic E-state index is 12.7. The van der Waals surface area contributed by atoms with Crippen molar-refractivity contribution in [1.29, 1.82) is 0 Å². The molecule has 1 N–H and O–H groups in total. The number of rotatable bonds is 5. The zero-order valence-electron chi connectivity index (χ0n) is 11.7. The summed E-state index contributed by atoms with van der Waals surface area (Å²) in [5, 5.41) is 15.9. The summed E-state index contributed by atoms with van der Waals surface area (Å²) in [4.78, 5) is 11.6. The van der Waals surface area contributed by atoms with Crippen molar-refractivity contribution in [1.82, 2.24) is 0 Å². The molecule has 0 radical (unpaired) electrons. The number of nitrogens with zero attached hydrogens (tertiary/aromatic N) is 2. The van der Waals surface area contributed by atoms with Crippen molar-refractivity contribution in [3.8, 4) is 0 Å². The minimum Gasteiger partial charge on any atom is -0.508 e. The van der Waals surface area contributed by atoms with Crippen LogP contribution in [0, 0.1) is 0 Å². The van der Waals surface area contributed by atoms with E-state index in [0.29, 0.717) is 6.07 Å². The van der Waals surface area contributed by atoms with E-state index < -0.39 is 40.1 Å². The van der Waals surface area contributed by atoms with Crippen LogP contribution in [0.3, 0.4) is 0 Å². The SMILES string of the molecule is CCOC(=O)/C(N=Nc1ccc(Cl)c(C(F)(F)F)c1)=C(/O)CCl. The lowest BCUT2D eigenvalue weighted by Crippen LogP contribution is -2.09. The fourth-order valence-corrected chi connectivity index (χ4v) is 1.73. The molecule has 0 amide bonds. The molecule has 0 aliphatic heterocycles. The maximum Gasteiger partial charge on any atom is 0.417 e. The second-order valence-corrected chi connectivity index (χ2v) is 4.69. The molecule has 0 aromatic heterocycles. The van der Waals surface area contributed by atoms with Gasteiger partial charge in [-0.25, -0.2) is 4.79 Å². The molecule has 126 valence electrons. The molecule has 1 aromatic rings. The lowest BCUT2D eigenvalue weighted by Gasteiger charge is -2.09. The van der Waals surface area contributed by atoms with Crippen molar-refractivity contribution < 1.29 is 27.8 Å². The summed E-state index contributed by atoms with van der Waals surface area (Å²) in [6.45, 7) is 1.53. The Hall–Kier alpha value is -1.80. The van der Waals surface area contributed by atoms with Crippen LogP contribution in [0.2, 0.25) is 5.02 Å². The molecule has 0 atom stereocenters. The Balaban J connectivity index is 3.18. The average Bonchev–Trinajstić information content (AvgIpc) is 2.47. The number of benzene rings is 1. The van der Waals surface area contributed by atoms with Gasteiger partial charge in [0.25, 0.3) is 0 Å². The second-order valence-electron chi connectivity index (χ2n) is 4.01. The largest absolute Gasteiger partial charge is 0.508 e. The molecule has 23 heavy (non-hydrogen) atoms. The van der Waals surface area contributed by atoms with Crippen LogP contribution < -0.4 is 0 Å². The number of aliphatic hydroxyl groups is 1. The highest BCUT2D eigenvalue weighted by Gasteiger charge is 2.33. The molecule has 0 fully saturated rings. The first-order valence-electron chi connectivity index (χ1n) is 6.14. The molecule has 10 heteroatoms. The highest BCUT2D eigenvalue weighted by atomic mass is 35.5. The third-order valence-electron chi connectivity index (χ3n) is 2.39. The molecule has 0 heterocycles. The first kappa shape index (κ1) is 19.2. The van der Waals surface area contributed by atoms with Crippen molar-refractivity contribution in [2.24, 2.45) is 10.2 Å². The van der Waals surface area contributed by atoms with Crippen LogP contribution in [0.15, 0.2) is 39.9 Å². The van der Waals surface area contributed by atoms with E-state index in [-0.39, 0.29) is 12.3 Å². The summed E-state index contributed by atoms with van der Waals surface area (Å²) in [7, 11) is 0. The number of aliphatic hydroxyl groups excluding tert-OH is 1. The molecule has 0 aliphatic rings. The predicted molar refractivity (Wildman–Crippen MR) is 78.0 cm³/mol. The van der Waals surface area contributed by atoms with E-state index in [2.05, 4.69) is 15.0 Å². The zero-order chi connectivity index (χ0) is 17.6. The Morgan fingerprint density at radius 3 is 2.57 bits per heavy atom. The number of hydrogen-bond acceptors (Lipinski definition) is 5. The van der Waals surface area contributed by atoms with E-state index in [1.54, 1.807) is 0 Å². The topological polar surface area (TPSA) is 71.2 Å². The third kappa shape index (κ3) is 5.40. The van der Waals surface area contributed by atoms with Gasteiger partial charge in [-0.05, 0) is 25.1 Å². The maximum atomic E-state index is 12.7. The van der Waals surface area contributed by atoms with Crippen molar-refractivity contribution in [2.75, 3.05) is 12.5 Å². The summed E-state index contributed by atoms with van der Waals surface area (Å²) in [6.07, 6.45) is -4.67. The van der Waals surface area contributed by atoms with E-state index in [9.17, 15) is 23.1 Å². The fourth-order valence-electron chi connectivity index (χ4n) is 1.38. The molecular weight excluding hydrogens is 360 g/mol. The number of hydrogen-bond donors (Lipinski definition) is 1. The standard InChI is InChI=1S/C13H11Cl2F3N2O3/c1-2-23-12(22)11(10(21)6-14)20-19-7-3-4-9(15)8(5-7)13(16,17)18/h3-5,21H,2,6H2,1H3/b11-10-,20-19?. The third-order valence-corrected chi connectivity index (χ3v) is 2.97. The van der Waals surface area contributed by atoms with Gasteiger partial charge in [0.2, 0.25) is 5.70 Å². The summed E-state index contributed by atoms with van der Waals surface area (Å²) in [6, 6.07) is 2.82. The normalized spacial score (nSPS) is 13.1. The van der Waals surface area contributed by atoms with E-state index in [1.165, 1.54) is 13.0 Å². The molecule has 0 bridgehead atoms. The van der Waals surface area contributed by atoms with Gasteiger partial charge in [-0.15, -0.1) is 16.7 Å². The first-order chi connectivity index (χ1) is 10.7. The number of carbonyl (C=O) groups excluding carboxylic acids is 1. The molecule has 0 spiro atoms. The van der Waals surface area contributed by atoms with Crippen LogP contribution in [0.5, 0.6) is 0 Å². The van der Waals surface area contributed by atoms with Gasteiger partial charge in [0, 0.05) is 0 Å². The van der Waals surface area contributed by atoms with Gasteiger partial charge in [-0.1, -0.05) is 11.6 Å². The fraction of sp³-hybridized carbons (Fsp3) is 0.308. The van der Waals surface area contributed by atoms with Gasteiger partial charge in [-0.2, -0.15) is 18.3 Å². The molecule has 5 nitrogen and oxygen atoms in total. The van der Waals surface area contributed by atoms with Crippen molar-refractivity contribution in [3.05, 3.63) is 40.2 Å². The van der Waals surface area contributed by atoms with Crippen LogP contribution >= 0.6 is 23.2 Å². The lowest BCUT2D eigenvalue weighted by atomic mass is 10.2. The minimum absolute atomic E-state index is 0.00653. The highest BCUT2D eigenvalue weighted by Crippen LogP contribution is 2.36. The summed E-state index contributed by atoms with van der Waals surface area (Å²) in [5.74, 6) is -2.06. The van der Waals surface area contributed by atoms with Gasteiger partial charge in [0.15, 0.2) is 0 Å². The monoisotopic (exact) mass is 370 g/mol. The summed E-state index contributed by atoms with van der Waals surface area (Å²) < 4.78 is 42.9. The van der Waals surface area contributed by atoms with Crippen LogP contribution in [0.25, 0.3) is 0 Å². The summed E-state index contributed by atoms with van der Waals surface area (Å²) in [5.41, 5.74) is -1.91. The lowest BCUT2D eigenvalue weighted by molar-refractivity contribution is -0.139. The number of azo groups is 1. The van der Waals surface area contributed by atoms with Crippen LogP contribution in [-0.2, 0) is 15.7 Å². The Morgan fingerprint density at radius 1 is 1.39 bits per heavy atom. The van der Waals surface area contributed by atoms with Gasteiger partial charge in [0.1, 0.15) is 5.76 Å². The van der Waals surface area contributed by atoms with Gasteiger partial charge < -0.3 is 9.84 Å². The van der Waals surface area contributed by atoms with Crippen LogP contribution in [0.4, 0.5) is 18.9 Å². The number of carbonyl (C=O) groups is 1. The van der Waals surface area contributed by atoms with E-state index in [0.717, 1.165) is 6.07 Å². The average molecular weight is 371 g/mol. The number of halogens is 5. The van der Waals surface area contributed by atoms with Crippen molar-refractivity contribution in [3.63, 3.8) is 0 Å². The number of esters is 1. The first-order valence-corrected chi connectivity index (χ1v) is 7.05. The molecule has 0 aliphatic carbocycles. The number of ether oxygens (including phenoxy) is 1. The summed E-state index contributed by atoms with van der Waals surface area (Å²) >= 11 is 10.9. The van der Waals surface area contributed by atoms with Crippen molar-refractivity contribution >= 4 is 34.9 Å². The Morgan fingerprint density at radius 2 is 2.04 bits per heavy atom. The molecule has 0 unspecified atom stereocenters. The molecule has 0 saturated heterocycles. The van der Waals surface area contributed by atoms with Gasteiger partial charge in [-0.3, -0.25) is 0 Å². The van der Waals surface area contributed by atoms with Gasteiger partial charge in [0.05, 0.1) is 28.8 Å². The predicted octanol–water partition coefficient (Wildman–Crippen LogP) is 5.01. The molecular formula is C13H11Cl2F3N2O3. The van der Waals surface area contributed by atoms with Crippen molar-refractivity contribution in [2.45, 2.75) is 13.1 Å².